The highest BCUT2D eigenvalue weighted by Gasteiger charge is 2.27. The van der Waals surface area contributed by atoms with Crippen molar-refractivity contribution in [3.8, 4) is 0 Å². The van der Waals surface area contributed by atoms with E-state index in [-0.39, 0.29) is 11.4 Å². The lowest BCUT2D eigenvalue weighted by Gasteiger charge is -2.29. The Bertz CT molecular complexity index is 1190. The van der Waals surface area contributed by atoms with Gasteiger partial charge in [0.2, 0.25) is 5.91 Å². The van der Waals surface area contributed by atoms with E-state index < -0.39 is 15.9 Å². The summed E-state index contributed by atoms with van der Waals surface area (Å²) in [7, 11) is -3.93. The van der Waals surface area contributed by atoms with E-state index in [4.69, 9.17) is 4.74 Å². The predicted molar refractivity (Wildman–Crippen MR) is 135 cm³/mol. The molecule has 0 radical (unpaired) electrons. The van der Waals surface area contributed by atoms with Gasteiger partial charge < -0.3 is 15.0 Å². The van der Waals surface area contributed by atoms with Crippen molar-refractivity contribution < 1.29 is 17.9 Å². The van der Waals surface area contributed by atoms with Gasteiger partial charge in [0, 0.05) is 24.5 Å². The zero-order valence-electron chi connectivity index (χ0n) is 19.2. The largest absolute Gasteiger partial charge is 0.378 e. The molecule has 8 heteroatoms. The maximum atomic E-state index is 13.4. The van der Waals surface area contributed by atoms with E-state index in [1.807, 2.05) is 43.3 Å². The summed E-state index contributed by atoms with van der Waals surface area (Å²) in [5.41, 5.74) is 3.20. The summed E-state index contributed by atoms with van der Waals surface area (Å²) in [5, 5.41) is 2.83. The quantitative estimate of drug-likeness (QED) is 0.530. The molecular formula is C26H29N3O4S. The van der Waals surface area contributed by atoms with Crippen LogP contribution < -0.4 is 14.5 Å². The Morgan fingerprint density at radius 2 is 1.59 bits per heavy atom. The lowest BCUT2D eigenvalue weighted by molar-refractivity contribution is -0.114. The molecule has 1 saturated heterocycles. The van der Waals surface area contributed by atoms with Gasteiger partial charge in [-0.25, -0.2) is 8.42 Å². The van der Waals surface area contributed by atoms with Crippen LogP contribution in [0, 0.1) is 0 Å². The van der Waals surface area contributed by atoms with Crippen LogP contribution in [0.4, 0.5) is 17.1 Å². The van der Waals surface area contributed by atoms with Crippen LogP contribution >= 0.6 is 0 Å². The van der Waals surface area contributed by atoms with E-state index in [0.717, 1.165) is 35.1 Å². The minimum Gasteiger partial charge on any atom is -0.378 e. The number of nitrogens with zero attached hydrogens (tertiary/aromatic N) is 2. The number of sulfonamides is 1. The third-order valence-electron chi connectivity index (χ3n) is 5.78. The average Bonchev–Trinajstić information content (AvgIpc) is 2.89. The third kappa shape index (κ3) is 5.58. The van der Waals surface area contributed by atoms with Crippen LogP contribution in [0.5, 0.6) is 0 Å². The minimum atomic E-state index is -3.93. The maximum absolute atomic E-state index is 13.4. The van der Waals surface area contributed by atoms with Gasteiger partial charge in [-0.3, -0.25) is 9.10 Å². The van der Waals surface area contributed by atoms with Gasteiger partial charge in [0.15, 0.2) is 0 Å². The first-order valence-electron chi connectivity index (χ1n) is 11.4. The average molecular weight is 480 g/mol. The summed E-state index contributed by atoms with van der Waals surface area (Å²) in [5.74, 6) is -0.418. The first-order valence-corrected chi connectivity index (χ1v) is 12.8. The summed E-state index contributed by atoms with van der Waals surface area (Å²) in [6.45, 7) is 4.75. The van der Waals surface area contributed by atoms with Crippen LogP contribution in [-0.4, -0.2) is 47.2 Å². The third-order valence-corrected chi connectivity index (χ3v) is 7.57. The molecule has 0 spiro atoms. The highest BCUT2D eigenvalue weighted by Crippen LogP contribution is 2.25. The highest BCUT2D eigenvalue weighted by atomic mass is 32.2. The molecule has 0 aromatic heterocycles. The smallest absolute Gasteiger partial charge is 0.264 e. The van der Waals surface area contributed by atoms with Crippen molar-refractivity contribution >= 4 is 33.0 Å². The second-order valence-corrected chi connectivity index (χ2v) is 9.90. The number of aryl methyl sites for hydroxylation is 1. The van der Waals surface area contributed by atoms with Crippen LogP contribution in [0.1, 0.15) is 12.5 Å². The summed E-state index contributed by atoms with van der Waals surface area (Å²) in [4.78, 5) is 15.3. The number of carbonyl (C=O) groups excluding carboxylic acids is 1. The number of anilines is 3. The van der Waals surface area contributed by atoms with Crippen LogP contribution in [-0.2, 0) is 26.0 Å². The van der Waals surface area contributed by atoms with Crippen molar-refractivity contribution in [2.45, 2.75) is 18.2 Å². The molecule has 1 aliphatic rings. The van der Waals surface area contributed by atoms with Crippen LogP contribution in [0.2, 0.25) is 0 Å². The van der Waals surface area contributed by atoms with Gasteiger partial charge in [-0.05, 0) is 60.5 Å². The number of carbonyl (C=O) groups is 1. The molecule has 178 valence electrons. The van der Waals surface area contributed by atoms with Gasteiger partial charge in [-0.15, -0.1) is 0 Å². The molecule has 3 aromatic carbocycles. The fraction of sp³-hybridized carbons (Fsp3) is 0.269. The fourth-order valence-electron chi connectivity index (χ4n) is 3.84. The lowest BCUT2D eigenvalue weighted by Crippen LogP contribution is -2.38. The van der Waals surface area contributed by atoms with Crippen LogP contribution in [0.3, 0.4) is 0 Å². The van der Waals surface area contributed by atoms with Crippen molar-refractivity contribution in [1.29, 1.82) is 0 Å². The molecule has 3 aromatic rings. The molecule has 1 fully saturated rings. The van der Waals surface area contributed by atoms with Gasteiger partial charge in [0.25, 0.3) is 10.0 Å². The Morgan fingerprint density at radius 3 is 2.21 bits per heavy atom. The summed E-state index contributed by atoms with van der Waals surface area (Å²) >= 11 is 0. The number of hydrogen-bond acceptors (Lipinski definition) is 5. The second kappa shape index (κ2) is 10.7. The molecule has 4 rings (SSSR count). The van der Waals surface area contributed by atoms with Crippen LogP contribution in [0.25, 0.3) is 0 Å². The Morgan fingerprint density at radius 1 is 0.941 bits per heavy atom. The van der Waals surface area contributed by atoms with E-state index in [1.54, 1.807) is 30.3 Å². The van der Waals surface area contributed by atoms with Crippen molar-refractivity contribution in [1.82, 2.24) is 0 Å². The number of morpholine rings is 1. The monoisotopic (exact) mass is 479 g/mol. The number of nitrogens with one attached hydrogen (secondary N) is 1. The Labute approximate surface area is 201 Å². The van der Waals surface area contributed by atoms with Gasteiger partial charge in [-0.1, -0.05) is 37.3 Å². The molecule has 0 aliphatic carbocycles. The molecule has 7 nitrogen and oxygen atoms in total. The van der Waals surface area contributed by atoms with Gasteiger partial charge in [0.05, 0.1) is 23.8 Å². The van der Waals surface area contributed by atoms with Gasteiger partial charge in [0.1, 0.15) is 6.54 Å². The minimum absolute atomic E-state index is 0.136. The summed E-state index contributed by atoms with van der Waals surface area (Å²) < 4.78 is 33.4. The molecule has 0 saturated carbocycles. The van der Waals surface area contributed by atoms with Gasteiger partial charge in [-0.2, -0.15) is 0 Å². The number of benzene rings is 3. The molecular weight excluding hydrogens is 450 g/mol. The van der Waals surface area contributed by atoms with Crippen molar-refractivity contribution in [3.05, 3.63) is 84.4 Å². The highest BCUT2D eigenvalue weighted by molar-refractivity contribution is 7.92. The van der Waals surface area contributed by atoms with Gasteiger partial charge >= 0.3 is 0 Å². The first-order chi connectivity index (χ1) is 16.5. The number of hydrogen-bond donors (Lipinski definition) is 1. The molecule has 34 heavy (non-hydrogen) atoms. The number of rotatable bonds is 8. The van der Waals surface area contributed by atoms with E-state index in [0.29, 0.717) is 24.6 Å². The van der Waals surface area contributed by atoms with E-state index in [9.17, 15) is 13.2 Å². The Hall–Kier alpha value is -3.36. The van der Waals surface area contributed by atoms with Crippen molar-refractivity contribution in [3.63, 3.8) is 0 Å². The summed E-state index contributed by atoms with van der Waals surface area (Å²) in [6.07, 6.45) is 0.840. The zero-order chi connectivity index (χ0) is 24.0. The molecule has 1 N–H and O–H groups in total. The van der Waals surface area contributed by atoms with E-state index >= 15 is 0 Å². The van der Waals surface area contributed by atoms with Crippen molar-refractivity contribution in [2.75, 3.05) is 47.4 Å². The molecule has 1 amide bonds. The molecule has 1 heterocycles. The van der Waals surface area contributed by atoms with E-state index in [1.165, 1.54) is 12.1 Å². The maximum Gasteiger partial charge on any atom is 0.264 e. The molecule has 1 aliphatic heterocycles. The Balaban J connectivity index is 1.53. The standard InChI is InChI=1S/C26H29N3O4S/c1-2-21-8-12-24(13-9-21)29(34(31,32)25-6-4-3-5-7-25)20-26(30)27-22-10-14-23(15-11-22)28-16-18-33-19-17-28/h3-15H,2,16-20H2,1H3,(H,27,30). The normalized spacial score (nSPS) is 14.0. The fourth-order valence-corrected chi connectivity index (χ4v) is 5.28. The zero-order valence-corrected chi connectivity index (χ0v) is 20.0. The number of amides is 1. The molecule has 0 atom stereocenters. The predicted octanol–water partition coefficient (Wildman–Crippen LogP) is 3.92. The Kier molecular flexibility index (Phi) is 7.49. The molecule has 0 bridgehead atoms. The lowest BCUT2D eigenvalue weighted by atomic mass is 10.1. The first kappa shape index (κ1) is 23.8. The summed E-state index contributed by atoms with van der Waals surface area (Å²) in [6, 6.07) is 22.9. The molecule has 0 unspecified atom stereocenters. The van der Waals surface area contributed by atoms with Crippen LogP contribution in [0.15, 0.2) is 83.8 Å². The van der Waals surface area contributed by atoms with Crippen molar-refractivity contribution in [2.24, 2.45) is 0 Å². The number of ether oxygens (including phenoxy) is 1. The SMILES string of the molecule is CCc1ccc(N(CC(=O)Nc2ccc(N3CCOCC3)cc2)S(=O)(=O)c2ccccc2)cc1. The van der Waals surface area contributed by atoms with E-state index in [2.05, 4.69) is 10.2 Å². The topological polar surface area (TPSA) is 79.0 Å². The second-order valence-electron chi connectivity index (χ2n) is 8.04.